The minimum atomic E-state index is 0.911. The van der Waals surface area contributed by atoms with Gasteiger partial charge in [0.05, 0.1) is 0 Å². The second-order valence-corrected chi connectivity index (χ2v) is 3.95. The first-order valence-corrected chi connectivity index (χ1v) is 6.49. The standard InChI is InChI=1S/C10H19N.2C2H6/c1-9-4-6-10(7-5-9)8-11(2)3;2*1-2/h4,10H,5-8H2,1-3H3;2*1-2H3. The Kier molecular flexibility index (Phi) is 13.4. The van der Waals surface area contributed by atoms with E-state index in [0.29, 0.717) is 0 Å². The maximum atomic E-state index is 2.40. The van der Waals surface area contributed by atoms with Crippen LogP contribution in [-0.4, -0.2) is 25.5 Å². The van der Waals surface area contributed by atoms with Crippen molar-refractivity contribution in [2.75, 3.05) is 20.6 Å². The normalized spacial score (nSPS) is 19.5. The third-order valence-electron chi connectivity index (χ3n) is 2.37. The van der Waals surface area contributed by atoms with Gasteiger partial charge in [0, 0.05) is 6.54 Å². The number of allylic oxidation sites excluding steroid dienone is 2. The summed E-state index contributed by atoms with van der Waals surface area (Å²) in [5, 5.41) is 0. The molecule has 1 aliphatic rings. The molecule has 15 heavy (non-hydrogen) atoms. The Morgan fingerprint density at radius 1 is 1.20 bits per heavy atom. The highest BCUT2D eigenvalue weighted by molar-refractivity contribution is 5.02. The quantitative estimate of drug-likeness (QED) is 0.617. The molecule has 0 aliphatic heterocycles. The third kappa shape index (κ3) is 9.99. The van der Waals surface area contributed by atoms with E-state index in [1.54, 1.807) is 5.57 Å². The Morgan fingerprint density at radius 2 is 1.73 bits per heavy atom. The van der Waals surface area contributed by atoms with E-state index in [2.05, 4.69) is 32.0 Å². The van der Waals surface area contributed by atoms with Crippen molar-refractivity contribution in [3.8, 4) is 0 Å². The van der Waals surface area contributed by atoms with Gasteiger partial charge in [-0.15, -0.1) is 0 Å². The highest BCUT2D eigenvalue weighted by Crippen LogP contribution is 2.23. The van der Waals surface area contributed by atoms with Crippen LogP contribution in [0.4, 0.5) is 0 Å². The van der Waals surface area contributed by atoms with Crippen LogP contribution in [0.25, 0.3) is 0 Å². The van der Waals surface area contributed by atoms with Crippen molar-refractivity contribution >= 4 is 0 Å². The highest BCUT2D eigenvalue weighted by Gasteiger charge is 2.12. The predicted octanol–water partition coefficient (Wildman–Crippen LogP) is 4.35. The Morgan fingerprint density at radius 3 is 2.07 bits per heavy atom. The van der Waals surface area contributed by atoms with Crippen molar-refractivity contribution in [3.63, 3.8) is 0 Å². The molecule has 0 amide bonds. The number of hydrogen-bond donors (Lipinski definition) is 0. The van der Waals surface area contributed by atoms with E-state index in [0.717, 1.165) is 5.92 Å². The summed E-state index contributed by atoms with van der Waals surface area (Å²) in [6, 6.07) is 0. The van der Waals surface area contributed by atoms with Crippen LogP contribution in [-0.2, 0) is 0 Å². The zero-order valence-electron chi connectivity index (χ0n) is 11.9. The van der Waals surface area contributed by atoms with E-state index >= 15 is 0 Å². The van der Waals surface area contributed by atoms with Gasteiger partial charge in [0.15, 0.2) is 0 Å². The molecular formula is C14H31N. The van der Waals surface area contributed by atoms with Gasteiger partial charge < -0.3 is 4.90 Å². The molecule has 1 rings (SSSR count). The molecule has 0 bridgehead atoms. The van der Waals surface area contributed by atoms with Gasteiger partial charge in [-0.2, -0.15) is 0 Å². The first-order chi connectivity index (χ1) is 7.18. The molecule has 1 atom stereocenters. The lowest BCUT2D eigenvalue weighted by molar-refractivity contribution is 0.307. The SMILES string of the molecule is CC.CC.CC1=CCC(CN(C)C)CC1. The topological polar surface area (TPSA) is 3.24 Å². The lowest BCUT2D eigenvalue weighted by atomic mass is 9.90. The van der Waals surface area contributed by atoms with Crippen molar-refractivity contribution in [1.82, 2.24) is 4.90 Å². The fourth-order valence-electron chi connectivity index (χ4n) is 1.70. The average molecular weight is 213 g/mol. The zero-order valence-corrected chi connectivity index (χ0v) is 11.9. The Hall–Kier alpha value is -0.300. The smallest absolute Gasteiger partial charge is 0.000663 e. The Labute approximate surface area is 97.6 Å². The fourth-order valence-corrected chi connectivity index (χ4v) is 1.70. The van der Waals surface area contributed by atoms with E-state index in [9.17, 15) is 0 Å². The van der Waals surface area contributed by atoms with Crippen molar-refractivity contribution in [2.24, 2.45) is 5.92 Å². The number of hydrogen-bond acceptors (Lipinski definition) is 1. The zero-order chi connectivity index (χ0) is 12.3. The molecule has 0 aromatic rings. The van der Waals surface area contributed by atoms with Crippen molar-refractivity contribution in [3.05, 3.63) is 11.6 Å². The monoisotopic (exact) mass is 213 g/mol. The molecular weight excluding hydrogens is 182 g/mol. The summed E-state index contributed by atoms with van der Waals surface area (Å²) in [7, 11) is 4.32. The molecule has 0 fully saturated rings. The van der Waals surface area contributed by atoms with E-state index < -0.39 is 0 Å². The molecule has 1 unspecified atom stereocenters. The van der Waals surface area contributed by atoms with Gasteiger partial charge in [0.25, 0.3) is 0 Å². The van der Waals surface area contributed by atoms with Crippen LogP contribution in [0.2, 0.25) is 0 Å². The summed E-state index contributed by atoms with van der Waals surface area (Å²) in [6.07, 6.45) is 6.40. The van der Waals surface area contributed by atoms with Crippen LogP contribution < -0.4 is 0 Å². The summed E-state index contributed by atoms with van der Waals surface area (Å²) in [5.41, 5.74) is 1.58. The Balaban J connectivity index is 0. The lowest BCUT2D eigenvalue weighted by Crippen LogP contribution is -2.22. The molecule has 1 heteroatoms. The van der Waals surface area contributed by atoms with E-state index in [4.69, 9.17) is 0 Å². The molecule has 0 heterocycles. The molecule has 0 N–H and O–H groups in total. The molecule has 0 radical (unpaired) electrons. The maximum absolute atomic E-state index is 2.40. The minimum absolute atomic E-state index is 0.911. The van der Waals surface area contributed by atoms with Crippen molar-refractivity contribution < 1.29 is 0 Å². The summed E-state index contributed by atoms with van der Waals surface area (Å²) >= 11 is 0. The molecule has 0 spiro atoms. The third-order valence-corrected chi connectivity index (χ3v) is 2.37. The summed E-state index contributed by atoms with van der Waals surface area (Å²) in [4.78, 5) is 2.29. The number of nitrogens with zero attached hydrogens (tertiary/aromatic N) is 1. The fraction of sp³-hybridized carbons (Fsp3) is 0.857. The van der Waals surface area contributed by atoms with Gasteiger partial charge in [-0.1, -0.05) is 39.3 Å². The van der Waals surface area contributed by atoms with Crippen molar-refractivity contribution in [2.45, 2.75) is 53.9 Å². The summed E-state index contributed by atoms with van der Waals surface area (Å²) in [5.74, 6) is 0.911. The molecule has 1 nitrogen and oxygen atoms in total. The van der Waals surface area contributed by atoms with Crippen LogP contribution in [0.5, 0.6) is 0 Å². The first-order valence-electron chi connectivity index (χ1n) is 6.49. The molecule has 92 valence electrons. The second-order valence-electron chi connectivity index (χ2n) is 3.95. The lowest BCUT2D eigenvalue weighted by Gasteiger charge is -2.23. The van der Waals surface area contributed by atoms with Crippen LogP contribution in [0.1, 0.15) is 53.9 Å². The summed E-state index contributed by atoms with van der Waals surface area (Å²) in [6.45, 7) is 11.5. The number of rotatable bonds is 2. The van der Waals surface area contributed by atoms with E-state index in [1.807, 2.05) is 27.7 Å². The largest absolute Gasteiger partial charge is 0.309 e. The van der Waals surface area contributed by atoms with Crippen LogP contribution >= 0.6 is 0 Å². The van der Waals surface area contributed by atoms with Crippen molar-refractivity contribution in [1.29, 1.82) is 0 Å². The average Bonchev–Trinajstić information content (AvgIpc) is 2.27. The minimum Gasteiger partial charge on any atom is -0.309 e. The molecule has 0 aromatic heterocycles. The van der Waals surface area contributed by atoms with Gasteiger partial charge in [0.2, 0.25) is 0 Å². The highest BCUT2D eigenvalue weighted by atomic mass is 15.1. The summed E-state index contributed by atoms with van der Waals surface area (Å²) < 4.78 is 0. The molecule has 1 aliphatic carbocycles. The Bertz CT molecular complexity index is 147. The molecule has 0 saturated carbocycles. The van der Waals surface area contributed by atoms with Gasteiger partial charge >= 0.3 is 0 Å². The van der Waals surface area contributed by atoms with Gasteiger partial charge in [-0.05, 0) is 46.2 Å². The molecule has 0 saturated heterocycles. The van der Waals surface area contributed by atoms with E-state index in [1.165, 1.54) is 25.8 Å². The van der Waals surface area contributed by atoms with Gasteiger partial charge in [-0.3, -0.25) is 0 Å². The van der Waals surface area contributed by atoms with Crippen LogP contribution in [0.3, 0.4) is 0 Å². The van der Waals surface area contributed by atoms with E-state index in [-0.39, 0.29) is 0 Å². The predicted molar refractivity (Wildman–Crippen MR) is 72.3 cm³/mol. The van der Waals surface area contributed by atoms with Crippen LogP contribution in [0, 0.1) is 5.92 Å². The molecule has 0 aromatic carbocycles. The van der Waals surface area contributed by atoms with Crippen LogP contribution in [0.15, 0.2) is 11.6 Å². The second kappa shape index (κ2) is 11.8. The maximum Gasteiger partial charge on any atom is 0.000663 e. The first kappa shape index (κ1) is 17.1. The van der Waals surface area contributed by atoms with Gasteiger partial charge in [0.1, 0.15) is 0 Å². The van der Waals surface area contributed by atoms with Gasteiger partial charge in [-0.25, -0.2) is 0 Å².